The molecule has 0 radical (unpaired) electrons. The van der Waals surface area contributed by atoms with Gasteiger partial charge in [0.15, 0.2) is 5.96 Å². The number of piperazine rings is 1. The number of likely N-dealkylation sites (tertiary alicyclic amines) is 1. The Morgan fingerprint density at radius 3 is 2.63 bits per heavy atom. The summed E-state index contributed by atoms with van der Waals surface area (Å²) in [4.78, 5) is 9.15. The first-order valence-electron chi connectivity index (χ1n) is 10.8. The molecule has 30 heavy (non-hydrogen) atoms. The molecule has 2 fully saturated rings. The SMILES string of the molecule is CN=C(NCC(C)(C)N1CCCC(C)C1)N1CCN(S(=O)(=O)Cc2ccon2)CC1. The molecular formula is C20H36N6O3S. The van der Waals surface area contributed by atoms with Crippen LogP contribution in [0.5, 0.6) is 0 Å². The Labute approximate surface area is 180 Å². The lowest BCUT2D eigenvalue weighted by molar-refractivity contribution is 0.0733. The maximum Gasteiger partial charge on any atom is 0.220 e. The van der Waals surface area contributed by atoms with Gasteiger partial charge in [-0.15, -0.1) is 0 Å². The van der Waals surface area contributed by atoms with Crippen molar-refractivity contribution in [2.24, 2.45) is 10.9 Å². The van der Waals surface area contributed by atoms with Gasteiger partial charge in [0.1, 0.15) is 12.0 Å². The number of nitrogens with zero attached hydrogens (tertiary/aromatic N) is 5. The minimum Gasteiger partial charge on any atom is -0.364 e. The molecule has 1 N–H and O–H groups in total. The van der Waals surface area contributed by atoms with E-state index < -0.39 is 10.0 Å². The van der Waals surface area contributed by atoms with Crippen molar-refractivity contribution in [3.63, 3.8) is 0 Å². The maximum atomic E-state index is 12.6. The average Bonchev–Trinajstić information content (AvgIpc) is 3.21. The van der Waals surface area contributed by atoms with Gasteiger partial charge in [0.05, 0.1) is 5.69 Å². The zero-order valence-electron chi connectivity index (χ0n) is 18.7. The van der Waals surface area contributed by atoms with Gasteiger partial charge < -0.3 is 14.7 Å². The second-order valence-electron chi connectivity index (χ2n) is 9.04. The Morgan fingerprint density at radius 1 is 1.30 bits per heavy atom. The largest absolute Gasteiger partial charge is 0.364 e. The van der Waals surface area contributed by atoms with Crippen LogP contribution in [0, 0.1) is 5.92 Å². The van der Waals surface area contributed by atoms with Crippen LogP contribution in [0.25, 0.3) is 0 Å². The normalized spacial score (nSPS) is 23.0. The quantitative estimate of drug-likeness (QED) is 0.525. The van der Waals surface area contributed by atoms with Crippen molar-refractivity contribution < 1.29 is 12.9 Å². The van der Waals surface area contributed by atoms with Crippen LogP contribution in [-0.4, -0.2) is 92.0 Å². The lowest BCUT2D eigenvalue weighted by atomic mass is 9.93. The van der Waals surface area contributed by atoms with Crippen molar-refractivity contribution in [1.29, 1.82) is 0 Å². The first-order chi connectivity index (χ1) is 14.2. The van der Waals surface area contributed by atoms with E-state index in [1.807, 2.05) is 0 Å². The number of guanidine groups is 1. The summed E-state index contributed by atoms with van der Waals surface area (Å²) < 4.78 is 31.5. The van der Waals surface area contributed by atoms with Crippen molar-refractivity contribution >= 4 is 16.0 Å². The second-order valence-corrected chi connectivity index (χ2v) is 11.0. The Balaban J connectivity index is 1.51. The molecule has 3 heterocycles. The van der Waals surface area contributed by atoms with E-state index in [-0.39, 0.29) is 11.3 Å². The molecule has 170 valence electrons. The van der Waals surface area contributed by atoms with E-state index in [1.54, 1.807) is 13.1 Å². The van der Waals surface area contributed by atoms with E-state index in [0.717, 1.165) is 31.5 Å². The molecule has 0 bridgehead atoms. The molecule has 1 aromatic heterocycles. The molecule has 0 spiro atoms. The number of hydrogen-bond donors (Lipinski definition) is 1. The number of hydrogen-bond acceptors (Lipinski definition) is 6. The summed E-state index contributed by atoms with van der Waals surface area (Å²) in [6, 6.07) is 1.59. The molecule has 10 heteroatoms. The standard InChI is InChI=1S/C20H36N6O3S/c1-17-6-5-8-25(14-17)20(2,3)16-22-19(21-4)24-9-11-26(12-10-24)30(27,28)15-18-7-13-29-23-18/h7,13,17H,5-6,8-12,14-16H2,1-4H3,(H,21,22). The third-order valence-electron chi connectivity index (χ3n) is 6.16. The van der Waals surface area contributed by atoms with Crippen LogP contribution in [0.15, 0.2) is 21.8 Å². The molecular weight excluding hydrogens is 404 g/mol. The molecule has 2 aliphatic heterocycles. The molecule has 0 saturated carbocycles. The van der Waals surface area contributed by atoms with Crippen LogP contribution in [0.4, 0.5) is 0 Å². The van der Waals surface area contributed by atoms with Gasteiger partial charge >= 0.3 is 0 Å². The van der Waals surface area contributed by atoms with Gasteiger partial charge in [-0.3, -0.25) is 9.89 Å². The van der Waals surface area contributed by atoms with Gasteiger partial charge in [0.25, 0.3) is 0 Å². The van der Waals surface area contributed by atoms with Crippen molar-refractivity contribution in [3.8, 4) is 0 Å². The minimum atomic E-state index is -3.40. The molecule has 3 rings (SSSR count). The fourth-order valence-corrected chi connectivity index (χ4v) is 5.67. The summed E-state index contributed by atoms with van der Waals surface area (Å²) in [5.74, 6) is 1.45. The number of piperidine rings is 1. The van der Waals surface area contributed by atoms with Gasteiger partial charge in [-0.25, -0.2) is 8.42 Å². The Hall–Kier alpha value is -1.65. The predicted octanol–water partition coefficient (Wildman–Crippen LogP) is 1.21. The van der Waals surface area contributed by atoms with E-state index in [9.17, 15) is 8.42 Å². The first kappa shape index (κ1) is 23.0. The van der Waals surface area contributed by atoms with Crippen molar-refractivity contribution in [2.75, 3.05) is 52.9 Å². The van der Waals surface area contributed by atoms with Crippen molar-refractivity contribution in [3.05, 3.63) is 18.0 Å². The van der Waals surface area contributed by atoms with Gasteiger partial charge in [-0.05, 0) is 39.2 Å². The fraction of sp³-hybridized carbons (Fsp3) is 0.800. The summed E-state index contributed by atoms with van der Waals surface area (Å²) >= 11 is 0. The smallest absolute Gasteiger partial charge is 0.220 e. The lowest BCUT2D eigenvalue weighted by Crippen LogP contribution is -2.58. The highest BCUT2D eigenvalue weighted by atomic mass is 32.2. The van der Waals surface area contributed by atoms with Crippen LogP contribution in [0.2, 0.25) is 0 Å². The minimum absolute atomic E-state index is 0.0351. The highest BCUT2D eigenvalue weighted by molar-refractivity contribution is 7.88. The van der Waals surface area contributed by atoms with E-state index >= 15 is 0 Å². The summed E-state index contributed by atoms with van der Waals surface area (Å²) in [6.45, 7) is 12.1. The summed E-state index contributed by atoms with van der Waals surface area (Å²) in [5.41, 5.74) is 0.470. The summed E-state index contributed by atoms with van der Waals surface area (Å²) in [5, 5.41) is 7.24. The van der Waals surface area contributed by atoms with Gasteiger partial charge in [-0.2, -0.15) is 4.31 Å². The van der Waals surface area contributed by atoms with Gasteiger partial charge in [0, 0.05) is 57.9 Å². The monoisotopic (exact) mass is 440 g/mol. The average molecular weight is 441 g/mol. The van der Waals surface area contributed by atoms with Gasteiger partial charge in [0.2, 0.25) is 10.0 Å². The molecule has 2 aliphatic rings. The summed E-state index contributed by atoms with van der Waals surface area (Å²) in [7, 11) is -1.62. The second kappa shape index (κ2) is 9.65. The molecule has 1 aromatic rings. The number of sulfonamides is 1. The van der Waals surface area contributed by atoms with Crippen LogP contribution in [0.3, 0.4) is 0 Å². The topological polar surface area (TPSA) is 94.3 Å². The van der Waals surface area contributed by atoms with E-state index in [4.69, 9.17) is 4.52 Å². The Morgan fingerprint density at radius 2 is 2.03 bits per heavy atom. The van der Waals surface area contributed by atoms with Crippen molar-refractivity contribution in [1.82, 2.24) is 24.6 Å². The predicted molar refractivity (Wildman–Crippen MR) is 118 cm³/mol. The summed E-state index contributed by atoms with van der Waals surface area (Å²) in [6.07, 6.45) is 3.96. The molecule has 0 aromatic carbocycles. The third-order valence-corrected chi connectivity index (χ3v) is 7.97. The zero-order valence-corrected chi connectivity index (χ0v) is 19.5. The Bertz CT molecular complexity index is 801. The van der Waals surface area contributed by atoms with Crippen molar-refractivity contribution in [2.45, 2.75) is 44.9 Å². The molecule has 1 atom stereocenters. The Kier molecular flexibility index (Phi) is 7.41. The van der Waals surface area contributed by atoms with Crippen LogP contribution in [0.1, 0.15) is 39.3 Å². The van der Waals surface area contributed by atoms with Crippen LogP contribution in [-0.2, 0) is 15.8 Å². The van der Waals surface area contributed by atoms with E-state index in [0.29, 0.717) is 31.9 Å². The molecule has 9 nitrogen and oxygen atoms in total. The molecule has 1 unspecified atom stereocenters. The van der Waals surface area contributed by atoms with Gasteiger partial charge in [-0.1, -0.05) is 12.1 Å². The number of aliphatic imine (C=N–C) groups is 1. The van der Waals surface area contributed by atoms with Crippen LogP contribution >= 0.6 is 0 Å². The molecule has 0 amide bonds. The number of rotatable bonds is 6. The van der Waals surface area contributed by atoms with Crippen LogP contribution < -0.4 is 5.32 Å². The number of aromatic nitrogens is 1. The molecule has 0 aliphatic carbocycles. The fourth-order valence-electron chi connectivity index (χ4n) is 4.25. The first-order valence-corrected chi connectivity index (χ1v) is 12.4. The maximum absolute atomic E-state index is 12.6. The van der Waals surface area contributed by atoms with E-state index in [2.05, 4.69) is 46.0 Å². The highest BCUT2D eigenvalue weighted by Gasteiger charge is 2.32. The third kappa shape index (κ3) is 5.73. The zero-order chi connectivity index (χ0) is 21.8. The van der Waals surface area contributed by atoms with E-state index in [1.165, 1.54) is 23.4 Å². The lowest BCUT2D eigenvalue weighted by Gasteiger charge is -2.44. The number of nitrogens with one attached hydrogen (secondary N) is 1. The highest BCUT2D eigenvalue weighted by Crippen LogP contribution is 2.23. The molecule has 2 saturated heterocycles.